The predicted octanol–water partition coefficient (Wildman–Crippen LogP) is 4.46. The van der Waals surface area contributed by atoms with Gasteiger partial charge in [0.25, 0.3) is 12.3 Å². The van der Waals surface area contributed by atoms with E-state index in [9.17, 15) is 10.1 Å². The van der Waals surface area contributed by atoms with Gasteiger partial charge in [0.1, 0.15) is 0 Å². The summed E-state index contributed by atoms with van der Waals surface area (Å²) in [6, 6.07) is 6.16. The molecule has 1 aliphatic heterocycles. The Morgan fingerprint density at radius 2 is 2.00 bits per heavy atom. The quantitative estimate of drug-likeness (QED) is 0.433. The highest BCUT2D eigenvalue weighted by Crippen LogP contribution is 2.64. The summed E-state index contributed by atoms with van der Waals surface area (Å²) in [5.41, 5.74) is 5.55. The molecule has 0 amide bonds. The summed E-state index contributed by atoms with van der Waals surface area (Å²) < 4.78 is 3.51. The first-order chi connectivity index (χ1) is 15.9. The maximum Gasteiger partial charge on any atom is 0.275 e. The second-order valence-corrected chi connectivity index (χ2v) is 9.99. The van der Waals surface area contributed by atoms with Crippen molar-refractivity contribution in [2.45, 2.75) is 64.1 Å². The molecule has 4 aromatic rings. The minimum atomic E-state index is -0.0300. The Bertz CT molecular complexity index is 1540. The van der Waals surface area contributed by atoms with Crippen LogP contribution < -0.4 is 5.56 Å². The highest BCUT2D eigenvalue weighted by atomic mass is 16.1. The number of aromatic nitrogens is 5. The van der Waals surface area contributed by atoms with E-state index in [4.69, 9.17) is 5.10 Å². The lowest BCUT2D eigenvalue weighted by atomic mass is 9.34. The maximum atomic E-state index is 13.5. The van der Waals surface area contributed by atoms with Gasteiger partial charge >= 0.3 is 0 Å². The normalized spacial score (nSPS) is 19.3. The first kappa shape index (κ1) is 20.2. The third-order valence-corrected chi connectivity index (χ3v) is 7.70. The monoisotopic (exact) mass is 436 g/mol. The molecular weight excluding hydrogens is 411 g/mol. The zero-order valence-corrected chi connectivity index (χ0v) is 19.2. The molecule has 7 nitrogen and oxygen atoms in total. The topological polar surface area (TPSA) is 88.9 Å². The third-order valence-electron chi connectivity index (χ3n) is 7.70. The summed E-state index contributed by atoms with van der Waals surface area (Å²) in [5, 5.41) is 20.5. The molecular formula is C25H25BN6O. The number of fused-ring (bicyclic) bond motifs is 2. The number of hydrogen-bond acceptors (Lipinski definition) is 5. The molecule has 1 saturated heterocycles. The van der Waals surface area contributed by atoms with Crippen molar-refractivity contribution in [3.05, 3.63) is 57.8 Å². The van der Waals surface area contributed by atoms with Gasteiger partial charge in [0.2, 0.25) is 0 Å². The average molecular weight is 436 g/mol. The van der Waals surface area contributed by atoms with Crippen LogP contribution in [0, 0.1) is 32.0 Å². The van der Waals surface area contributed by atoms with E-state index < -0.39 is 0 Å². The standard InChI is InChI=1S/C25H25BN6O/c1-15-8-18(21-9-16(2)23-29-17(3)13-31(23)30-21)10-19-12-28-32(24(33)22(15)19)20-4-7-26(14-27)25(11-20)5-6-25/h8-10,12-13,20H,4-7,11H2,1-3H3. The predicted molar refractivity (Wildman–Crippen MR) is 129 cm³/mol. The lowest BCUT2D eigenvalue weighted by Gasteiger charge is -2.31. The van der Waals surface area contributed by atoms with Crippen LogP contribution in [0.2, 0.25) is 11.6 Å². The molecule has 6 rings (SSSR count). The molecule has 1 aliphatic carbocycles. The fraction of sp³-hybridized carbons (Fsp3) is 0.400. The van der Waals surface area contributed by atoms with Gasteiger partial charge in [-0.1, -0.05) is 19.2 Å². The molecule has 3 aromatic heterocycles. The van der Waals surface area contributed by atoms with Gasteiger partial charge in [0, 0.05) is 16.9 Å². The van der Waals surface area contributed by atoms with Crippen LogP contribution in [0.4, 0.5) is 0 Å². The highest BCUT2D eigenvalue weighted by molar-refractivity contribution is 6.71. The molecule has 0 radical (unpaired) electrons. The molecule has 33 heavy (non-hydrogen) atoms. The van der Waals surface area contributed by atoms with E-state index in [1.807, 2.05) is 55.9 Å². The molecule has 1 unspecified atom stereocenters. The van der Waals surface area contributed by atoms with Gasteiger partial charge in [-0.2, -0.15) is 10.2 Å². The second-order valence-electron chi connectivity index (χ2n) is 9.99. The van der Waals surface area contributed by atoms with E-state index in [2.05, 4.69) is 16.1 Å². The van der Waals surface area contributed by atoms with Gasteiger partial charge in [0.05, 0.1) is 35.2 Å². The fourth-order valence-corrected chi connectivity index (χ4v) is 5.80. The number of imidazole rings is 1. The lowest BCUT2D eigenvalue weighted by molar-refractivity contribution is 0.366. The minimum absolute atomic E-state index is 0.0300. The SMILES string of the molecule is Cc1cn2nc(-c3cc(C)c4c(=O)n(C5CCB(C#N)C6(CC6)C5)ncc4c3)cc(C)c2n1. The Morgan fingerprint density at radius 3 is 2.76 bits per heavy atom. The molecule has 0 bridgehead atoms. The zero-order valence-electron chi connectivity index (χ0n) is 19.2. The first-order valence-corrected chi connectivity index (χ1v) is 11.6. The molecule has 2 fully saturated rings. The molecule has 1 aromatic carbocycles. The Kier molecular flexibility index (Phi) is 4.29. The fourth-order valence-electron chi connectivity index (χ4n) is 5.80. The number of hydrogen-bond donors (Lipinski definition) is 0. The molecule has 8 heteroatoms. The Morgan fingerprint density at radius 1 is 1.18 bits per heavy atom. The summed E-state index contributed by atoms with van der Waals surface area (Å²) in [5.74, 6) is 2.50. The van der Waals surface area contributed by atoms with Gasteiger partial charge in [-0.25, -0.2) is 19.4 Å². The number of benzene rings is 1. The summed E-state index contributed by atoms with van der Waals surface area (Å²) >= 11 is 0. The van der Waals surface area contributed by atoms with Crippen molar-refractivity contribution in [1.82, 2.24) is 24.4 Å². The van der Waals surface area contributed by atoms with Crippen molar-refractivity contribution in [1.29, 1.82) is 5.26 Å². The molecule has 164 valence electrons. The highest BCUT2D eigenvalue weighted by Gasteiger charge is 2.55. The smallest absolute Gasteiger partial charge is 0.267 e. The van der Waals surface area contributed by atoms with Crippen molar-refractivity contribution in [3.63, 3.8) is 0 Å². The van der Waals surface area contributed by atoms with Gasteiger partial charge in [-0.15, -0.1) is 0 Å². The Hall–Kier alpha value is -3.47. The van der Waals surface area contributed by atoms with E-state index in [-0.39, 0.29) is 23.6 Å². The van der Waals surface area contributed by atoms with Crippen LogP contribution in [0.25, 0.3) is 27.7 Å². The number of aryl methyl sites for hydroxylation is 3. The summed E-state index contributed by atoms with van der Waals surface area (Å²) in [7, 11) is 0. The molecule has 1 atom stereocenters. The molecule has 1 saturated carbocycles. The van der Waals surface area contributed by atoms with Gasteiger partial charge in [0.15, 0.2) is 5.65 Å². The van der Waals surface area contributed by atoms with Crippen LogP contribution in [-0.2, 0) is 0 Å². The summed E-state index contributed by atoms with van der Waals surface area (Å²) in [6.45, 7) is 6.11. The van der Waals surface area contributed by atoms with Gasteiger partial charge in [-0.3, -0.25) is 4.79 Å². The van der Waals surface area contributed by atoms with Crippen LogP contribution in [0.15, 0.2) is 35.4 Å². The van der Waals surface area contributed by atoms with Crippen LogP contribution in [0.1, 0.15) is 48.5 Å². The van der Waals surface area contributed by atoms with Crippen molar-refractivity contribution < 1.29 is 0 Å². The van der Waals surface area contributed by atoms with Gasteiger partial charge in [-0.05, 0) is 68.3 Å². The summed E-state index contributed by atoms with van der Waals surface area (Å²) in [4.78, 5) is 18.1. The number of nitriles is 1. The van der Waals surface area contributed by atoms with Crippen molar-refractivity contribution >= 4 is 23.1 Å². The van der Waals surface area contributed by atoms with E-state index in [0.29, 0.717) is 0 Å². The van der Waals surface area contributed by atoms with E-state index >= 15 is 0 Å². The van der Waals surface area contributed by atoms with E-state index in [1.54, 1.807) is 4.68 Å². The minimum Gasteiger partial charge on any atom is -0.267 e. The Balaban J connectivity index is 1.42. The maximum absolute atomic E-state index is 13.5. The van der Waals surface area contributed by atoms with Crippen molar-refractivity contribution in [3.8, 4) is 17.2 Å². The van der Waals surface area contributed by atoms with Crippen LogP contribution >= 0.6 is 0 Å². The van der Waals surface area contributed by atoms with Crippen LogP contribution in [-0.4, -0.2) is 31.1 Å². The number of nitrogens with zero attached hydrogens (tertiary/aromatic N) is 6. The summed E-state index contributed by atoms with van der Waals surface area (Å²) in [6.07, 6.45) is 8.51. The van der Waals surface area contributed by atoms with Crippen LogP contribution in [0.5, 0.6) is 0 Å². The zero-order chi connectivity index (χ0) is 22.9. The molecule has 2 aliphatic rings. The van der Waals surface area contributed by atoms with E-state index in [0.717, 1.165) is 76.5 Å². The third kappa shape index (κ3) is 3.10. The first-order valence-electron chi connectivity index (χ1n) is 11.6. The van der Waals surface area contributed by atoms with Crippen molar-refractivity contribution in [2.24, 2.45) is 0 Å². The number of rotatable bonds is 2. The molecule has 0 N–H and O–H groups in total. The van der Waals surface area contributed by atoms with Gasteiger partial charge < -0.3 is 0 Å². The largest absolute Gasteiger partial charge is 0.275 e. The Labute approximate surface area is 192 Å². The van der Waals surface area contributed by atoms with Crippen LogP contribution in [0.3, 0.4) is 0 Å². The average Bonchev–Trinajstić information content (AvgIpc) is 3.43. The van der Waals surface area contributed by atoms with Crippen molar-refractivity contribution in [2.75, 3.05) is 0 Å². The van der Waals surface area contributed by atoms with E-state index in [1.165, 1.54) is 0 Å². The second kappa shape index (κ2) is 7.01. The molecule has 4 heterocycles. The molecule has 1 spiro atoms. The lowest BCUT2D eigenvalue weighted by Crippen LogP contribution is -2.35.